The lowest BCUT2D eigenvalue weighted by Gasteiger charge is -2.21. The summed E-state index contributed by atoms with van der Waals surface area (Å²) in [5, 5.41) is 19.8. The first-order valence-corrected chi connectivity index (χ1v) is 14.8. The number of hydrogen-bond acceptors (Lipinski definition) is 7. The molecule has 4 aromatic carbocycles. The molecule has 4 aromatic rings. The van der Waals surface area contributed by atoms with Gasteiger partial charge in [-0.1, -0.05) is 48.0 Å². The molecule has 1 saturated heterocycles. The summed E-state index contributed by atoms with van der Waals surface area (Å²) in [6.07, 6.45) is 0.425. The summed E-state index contributed by atoms with van der Waals surface area (Å²) in [7, 11) is 0. The average Bonchev–Trinajstić information content (AvgIpc) is 3.44. The van der Waals surface area contributed by atoms with Gasteiger partial charge in [-0.05, 0) is 71.5 Å². The number of rotatable bonds is 9. The number of likely N-dealkylation sites (tertiary alicyclic amines) is 1. The third kappa shape index (κ3) is 6.73. The molecule has 0 saturated carbocycles. The molecule has 220 valence electrons. The number of β-amino-alcohol motifs (C(OH)–C–C–N with tert-alkyl or cyclic N) is 1. The number of nitrogens with zero attached hydrogens (tertiary/aromatic N) is 2. The molecule has 1 fully saturated rings. The van der Waals surface area contributed by atoms with Gasteiger partial charge in [0.15, 0.2) is 11.5 Å². The van der Waals surface area contributed by atoms with Crippen LogP contribution in [0, 0.1) is 18.3 Å². The highest BCUT2D eigenvalue weighted by Crippen LogP contribution is 2.38. The Morgan fingerprint density at radius 3 is 2.56 bits per heavy atom. The molecule has 0 bridgehead atoms. The molecule has 0 amide bonds. The molecule has 2 aliphatic rings. The topological polar surface area (TPSA) is 84.2 Å². The third-order valence-corrected chi connectivity index (χ3v) is 8.18. The van der Waals surface area contributed by atoms with Crippen molar-refractivity contribution in [2.24, 2.45) is 0 Å². The van der Waals surface area contributed by atoms with Crippen LogP contribution in [0.3, 0.4) is 0 Å². The summed E-state index contributed by atoms with van der Waals surface area (Å²) in [5.74, 6) is 2.70. The lowest BCUT2D eigenvalue weighted by molar-refractivity contribution is 0.171. The maximum atomic E-state index is 10.0. The van der Waals surface area contributed by atoms with Crippen LogP contribution in [0.15, 0.2) is 72.8 Å². The summed E-state index contributed by atoms with van der Waals surface area (Å²) < 4.78 is 24.1. The number of aliphatic hydroxyl groups is 1. The van der Waals surface area contributed by atoms with Crippen molar-refractivity contribution in [1.82, 2.24) is 4.90 Å². The molecule has 0 aromatic heterocycles. The van der Waals surface area contributed by atoms with E-state index in [9.17, 15) is 10.4 Å². The minimum absolute atomic E-state index is 0.295. The first-order valence-electron chi connectivity index (χ1n) is 14.4. The molecule has 1 atom stereocenters. The zero-order valence-electron chi connectivity index (χ0n) is 24.0. The molecule has 7 nitrogen and oxygen atoms in total. The first kappa shape index (κ1) is 28.9. The average molecular weight is 597 g/mol. The second kappa shape index (κ2) is 13.0. The zero-order chi connectivity index (χ0) is 29.8. The summed E-state index contributed by atoms with van der Waals surface area (Å²) >= 11 is 6.76. The third-order valence-electron chi connectivity index (χ3n) is 7.89. The second-order valence-corrected chi connectivity index (χ2v) is 11.3. The van der Waals surface area contributed by atoms with Crippen molar-refractivity contribution >= 4 is 11.6 Å². The van der Waals surface area contributed by atoms with Crippen molar-refractivity contribution in [1.29, 1.82) is 5.26 Å². The molecule has 0 unspecified atom stereocenters. The number of halogens is 1. The van der Waals surface area contributed by atoms with Gasteiger partial charge in [0.2, 0.25) is 0 Å². The largest absolute Gasteiger partial charge is 0.488 e. The van der Waals surface area contributed by atoms with Crippen molar-refractivity contribution < 1.29 is 24.1 Å². The van der Waals surface area contributed by atoms with Crippen LogP contribution in [-0.4, -0.2) is 42.4 Å². The molecule has 1 N–H and O–H groups in total. The normalized spacial score (nSPS) is 16.1. The van der Waals surface area contributed by atoms with Crippen molar-refractivity contribution in [3.63, 3.8) is 0 Å². The van der Waals surface area contributed by atoms with Crippen molar-refractivity contribution in [3.8, 4) is 40.2 Å². The Balaban J connectivity index is 1.23. The maximum Gasteiger partial charge on any atom is 0.161 e. The molecular weight excluding hydrogens is 564 g/mol. The summed E-state index contributed by atoms with van der Waals surface area (Å²) in [6.45, 7) is 5.82. The summed E-state index contributed by atoms with van der Waals surface area (Å²) in [6, 6.07) is 25.5. The van der Waals surface area contributed by atoms with E-state index in [0.717, 1.165) is 57.8 Å². The molecule has 2 heterocycles. The van der Waals surface area contributed by atoms with E-state index in [2.05, 4.69) is 30.0 Å². The predicted octanol–water partition coefficient (Wildman–Crippen LogP) is 6.68. The minimum atomic E-state index is -0.322. The Bertz CT molecular complexity index is 1670. The highest BCUT2D eigenvalue weighted by Gasteiger charge is 2.23. The van der Waals surface area contributed by atoms with Gasteiger partial charge in [-0.25, -0.2) is 0 Å². The van der Waals surface area contributed by atoms with Gasteiger partial charge in [0.25, 0.3) is 0 Å². The van der Waals surface area contributed by atoms with Crippen molar-refractivity contribution in [2.45, 2.75) is 39.2 Å². The Labute approximate surface area is 256 Å². The Hall–Kier alpha value is -4.22. The fourth-order valence-corrected chi connectivity index (χ4v) is 5.79. The lowest BCUT2D eigenvalue weighted by atomic mass is 9.96. The number of hydrogen-bond donors (Lipinski definition) is 1. The van der Waals surface area contributed by atoms with E-state index in [1.54, 1.807) is 6.07 Å². The molecule has 0 spiro atoms. The number of benzene rings is 4. The van der Waals surface area contributed by atoms with E-state index in [1.165, 1.54) is 0 Å². The Morgan fingerprint density at radius 2 is 1.74 bits per heavy atom. The van der Waals surface area contributed by atoms with Gasteiger partial charge in [-0.2, -0.15) is 5.26 Å². The smallest absolute Gasteiger partial charge is 0.161 e. The maximum absolute atomic E-state index is 10.0. The van der Waals surface area contributed by atoms with Gasteiger partial charge in [-0.15, -0.1) is 0 Å². The SMILES string of the molecule is Cc1c(COc2cc(OCc3cccc(C#N)c3)c(CN3CC[C@@H](O)C3)cc2Cl)cccc1-c1ccc2c(c1)OCCO2. The number of aliphatic hydroxyl groups excluding tert-OH is 1. The Kier molecular flexibility index (Phi) is 8.71. The van der Waals surface area contributed by atoms with E-state index in [1.807, 2.05) is 54.6 Å². The number of fused-ring (bicyclic) bond motifs is 1. The van der Waals surface area contributed by atoms with Crippen LogP contribution in [-0.2, 0) is 19.8 Å². The van der Waals surface area contributed by atoms with Crippen LogP contribution >= 0.6 is 11.6 Å². The van der Waals surface area contributed by atoms with Crippen LogP contribution in [0.5, 0.6) is 23.0 Å². The second-order valence-electron chi connectivity index (χ2n) is 10.9. The van der Waals surface area contributed by atoms with E-state index >= 15 is 0 Å². The van der Waals surface area contributed by atoms with Gasteiger partial charge in [0, 0.05) is 31.3 Å². The molecule has 0 aliphatic carbocycles. The van der Waals surface area contributed by atoms with E-state index < -0.39 is 0 Å². The number of nitriles is 1. The standard InChI is InChI=1S/C35H33ClN2O5/c1-23-27(6-3-7-30(23)26-8-9-32-35(16-26)41-13-12-40-32)22-43-34-17-33(42-21-25-5-2-4-24(14-25)18-37)28(15-31(34)36)19-38-11-10-29(39)20-38/h2-9,14-17,29,39H,10-13,19-22H2,1H3/t29-/m1/s1. The van der Waals surface area contributed by atoms with Gasteiger partial charge in [0.05, 0.1) is 22.8 Å². The van der Waals surface area contributed by atoms with E-state index in [4.69, 9.17) is 30.5 Å². The molecule has 2 aliphatic heterocycles. The highest BCUT2D eigenvalue weighted by atomic mass is 35.5. The van der Waals surface area contributed by atoms with Crippen LogP contribution in [0.2, 0.25) is 5.02 Å². The van der Waals surface area contributed by atoms with Gasteiger partial charge < -0.3 is 24.1 Å². The summed E-state index contributed by atoms with van der Waals surface area (Å²) in [4.78, 5) is 2.19. The van der Waals surface area contributed by atoms with Crippen molar-refractivity contribution in [3.05, 3.63) is 106 Å². The molecule has 43 heavy (non-hydrogen) atoms. The highest BCUT2D eigenvalue weighted by molar-refractivity contribution is 6.32. The molecule has 6 rings (SSSR count). The monoisotopic (exact) mass is 596 g/mol. The van der Waals surface area contributed by atoms with Crippen molar-refractivity contribution in [2.75, 3.05) is 26.3 Å². The molecule has 8 heteroatoms. The fraction of sp³-hybridized carbons (Fsp3) is 0.286. The number of ether oxygens (including phenoxy) is 4. The van der Waals surface area contributed by atoms with Crippen LogP contribution in [0.1, 0.15) is 34.2 Å². The van der Waals surface area contributed by atoms with Gasteiger partial charge >= 0.3 is 0 Å². The van der Waals surface area contributed by atoms with Gasteiger partial charge in [0.1, 0.15) is 37.9 Å². The molecular formula is C35H33ClN2O5. The van der Waals surface area contributed by atoms with E-state index in [0.29, 0.717) is 61.6 Å². The van der Waals surface area contributed by atoms with Crippen LogP contribution in [0.25, 0.3) is 11.1 Å². The molecule has 0 radical (unpaired) electrons. The van der Waals surface area contributed by atoms with Gasteiger partial charge in [-0.3, -0.25) is 4.90 Å². The summed E-state index contributed by atoms with van der Waals surface area (Å²) in [5.41, 5.74) is 6.68. The zero-order valence-corrected chi connectivity index (χ0v) is 24.8. The predicted molar refractivity (Wildman–Crippen MR) is 165 cm³/mol. The first-order chi connectivity index (χ1) is 21.0. The van der Waals surface area contributed by atoms with Crippen LogP contribution in [0.4, 0.5) is 0 Å². The Morgan fingerprint density at radius 1 is 0.930 bits per heavy atom. The quantitative estimate of drug-likeness (QED) is 0.231. The fourth-order valence-electron chi connectivity index (χ4n) is 5.55. The minimum Gasteiger partial charge on any atom is -0.488 e. The van der Waals surface area contributed by atoms with E-state index in [-0.39, 0.29) is 6.10 Å². The lowest BCUT2D eigenvalue weighted by Crippen LogP contribution is -2.22. The van der Waals surface area contributed by atoms with Crippen LogP contribution < -0.4 is 18.9 Å².